The average molecular weight is 448 g/mol. The zero-order valence-corrected chi connectivity index (χ0v) is 17.9. The molecule has 1 aliphatic rings. The summed E-state index contributed by atoms with van der Waals surface area (Å²) < 4.78 is 14.9. The van der Waals surface area contributed by atoms with Crippen LogP contribution in [0.25, 0.3) is 10.8 Å². The van der Waals surface area contributed by atoms with Gasteiger partial charge in [-0.15, -0.1) is 0 Å². The summed E-state index contributed by atoms with van der Waals surface area (Å²) in [6.07, 6.45) is 0. The molecule has 4 rings (SSSR count). The summed E-state index contributed by atoms with van der Waals surface area (Å²) >= 11 is 0. The van der Waals surface area contributed by atoms with E-state index < -0.39 is 30.5 Å². The van der Waals surface area contributed by atoms with E-state index in [0.717, 1.165) is 10.6 Å². The van der Waals surface area contributed by atoms with E-state index in [9.17, 15) is 19.2 Å². The van der Waals surface area contributed by atoms with Crippen molar-refractivity contribution in [3.63, 3.8) is 0 Å². The van der Waals surface area contributed by atoms with Gasteiger partial charge in [-0.25, -0.2) is 14.5 Å². The number of benzene rings is 3. The Kier molecular flexibility index (Phi) is 6.05. The Bertz CT molecular complexity index is 1250. The van der Waals surface area contributed by atoms with E-state index in [0.29, 0.717) is 21.9 Å². The number of hydrogen-bond acceptors (Lipinski definition) is 8. The SMILES string of the molecule is COCNc1ccc2c3c(cccc13)C(=O)N(COC(=O)c1ccc(C(=O)OC)cc1)C2=O. The third-order valence-corrected chi connectivity index (χ3v) is 5.27. The van der Waals surface area contributed by atoms with Crippen molar-refractivity contribution in [1.82, 2.24) is 4.90 Å². The zero-order valence-electron chi connectivity index (χ0n) is 17.9. The van der Waals surface area contributed by atoms with E-state index >= 15 is 0 Å². The van der Waals surface area contributed by atoms with Crippen LogP contribution in [0.5, 0.6) is 0 Å². The average Bonchev–Trinajstić information content (AvgIpc) is 2.85. The van der Waals surface area contributed by atoms with E-state index in [1.807, 2.05) is 6.07 Å². The molecule has 1 N–H and O–H groups in total. The molecule has 0 unspecified atom stereocenters. The van der Waals surface area contributed by atoms with Crippen LogP contribution in [-0.2, 0) is 14.2 Å². The number of imide groups is 1. The molecule has 168 valence electrons. The molecule has 0 aromatic heterocycles. The van der Waals surface area contributed by atoms with Crippen molar-refractivity contribution in [3.8, 4) is 0 Å². The van der Waals surface area contributed by atoms with Crippen LogP contribution in [0, 0.1) is 0 Å². The predicted molar refractivity (Wildman–Crippen MR) is 118 cm³/mol. The first-order valence-corrected chi connectivity index (χ1v) is 9.96. The minimum Gasteiger partial charge on any atom is -0.465 e. The lowest BCUT2D eigenvalue weighted by Crippen LogP contribution is -2.42. The third-order valence-electron chi connectivity index (χ3n) is 5.27. The highest BCUT2D eigenvalue weighted by Crippen LogP contribution is 2.34. The molecule has 9 nitrogen and oxygen atoms in total. The number of nitrogens with one attached hydrogen (secondary N) is 1. The summed E-state index contributed by atoms with van der Waals surface area (Å²) in [7, 11) is 2.81. The lowest BCUT2D eigenvalue weighted by Gasteiger charge is -2.27. The Morgan fingerprint density at radius 1 is 0.848 bits per heavy atom. The van der Waals surface area contributed by atoms with Crippen molar-refractivity contribution in [2.75, 3.05) is 33.0 Å². The second-order valence-electron chi connectivity index (χ2n) is 7.17. The number of ether oxygens (including phenoxy) is 3. The minimum absolute atomic E-state index is 0.163. The highest BCUT2D eigenvalue weighted by Gasteiger charge is 2.34. The van der Waals surface area contributed by atoms with Gasteiger partial charge in [-0.3, -0.25) is 9.59 Å². The van der Waals surface area contributed by atoms with E-state index in [-0.39, 0.29) is 17.9 Å². The molecule has 0 aliphatic carbocycles. The first kappa shape index (κ1) is 22.0. The van der Waals surface area contributed by atoms with Crippen molar-refractivity contribution in [3.05, 3.63) is 76.9 Å². The largest absolute Gasteiger partial charge is 0.465 e. The fourth-order valence-corrected chi connectivity index (χ4v) is 3.63. The molecular formula is C24H20N2O7. The van der Waals surface area contributed by atoms with Crippen LogP contribution in [0.1, 0.15) is 41.4 Å². The molecule has 9 heteroatoms. The Morgan fingerprint density at radius 3 is 2.12 bits per heavy atom. The molecule has 0 spiro atoms. The standard InChI is InChI=1S/C24H20N2O7/c1-31-12-25-19-11-10-18-20-16(19)4-3-5-17(20)21(27)26(22(18)28)13-33-24(30)15-8-6-14(7-9-15)23(29)32-2/h3-11,25H,12-13H2,1-2H3. The van der Waals surface area contributed by atoms with Gasteiger partial charge in [0.05, 0.1) is 18.2 Å². The number of rotatable bonds is 7. The lowest BCUT2D eigenvalue weighted by atomic mass is 9.93. The van der Waals surface area contributed by atoms with Crippen LogP contribution in [0.4, 0.5) is 5.69 Å². The number of methoxy groups -OCH3 is 2. The number of amides is 2. The topological polar surface area (TPSA) is 111 Å². The maximum Gasteiger partial charge on any atom is 0.339 e. The number of nitrogens with zero attached hydrogens (tertiary/aromatic N) is 1. The van der Waals surface area contributed by atoms with Gasteiger partial charge in [-0.2, -0.15) is 0 Å². The van der Waals surface area contributed by atoms with Crippen molar-refractivity contribution in [1.29, 1.82) is 0 Å². The Labute approximate surface area is 188 Å². The van der Waals surface area contributed by atoms with Crippen molar-refractivity contribution >= 4 is 40.2 Å². The van der Waals surface area contributed by atoms with Gasteiger partial charge >= 0.3 is 11.9 Å². The molecule has 1 heterocycles. The normalized spacial score (nSPS) is 12.6. The lowest BCUT2D eigenvalue weighted by molar-refractivity contribution is 0.0203. The predicted octanol–water partition coefficient (Wildman–Crippen LogP) is 3.05. The molecule has 3 aromatic rings. The van der Waals surface area contributed by atoms with Crippen LogP contribution in [0.15, 0.2) is 54.6 Å². The van der Waals surface area contributed by atoms with Crippen LogP contribution >= 0.6 is 0 Å². The van der Waals surface area contributed by atoms with Crippen LogP contribution < -0.4 is 5.32 Å². The Hall–Kier alpha value is -4.24. The van der Waals surface area contributed by atoms with Gasteiger partial charge in [-0.1, -0.05) is 12.1 Å². The molecule has 0 atom stereocenters. The number of esters is 2. The monoisotopic (exact) mass is 448 g/mol. The van der Waals surface area contributed by atoms with Gasteiger partial charge in [0.25, 0.3) is 11.8 Å². The molecule has 2 amide bonds. The Morgan fingerprint density at radius 2 is 1.48 bits per heavy atom. The maximum absolute atomic E-state index is 13.1. The van der Waals surface area contributed by atoms with Crippen molar-refractivity contribution in [2.45, 2.75) is 0 Å². The second kappa shape index (κ2) is 9.09. The smallest absolute Gasteiger partial charge is 0.339 e. The first-order valence-electron chi connectivity index (χ1n) is 9.96. The summed E-state index contributed by atoms with van der Waals surface area (Å²) in [6.45, 7) is -0.280. The molecule has 33 heavy (non-hydrogen) atoms. The molecule has 0 radical (unpaired) electrons. The minimum atomic E-state index is -0.741. The second-order valence-corrected chi connectivity index (χ2v) is 7.17. The number of carbonyl (C=O) groups is 4. The quantitative estimate of drug-likeness (QED) is 0.334. The summed E-state index contributed by atoms with van der Waals surface area (Å²) in [4.78, 5) is 51.0. The molecule has 0 fully saturated rings. The molecule has 0 bridgehead atoms. The maximum atomic E-state index is 13.1. The highest BCUT2D eigenvalue weighted by atomic mass is 16.5. The van der Waals surface area contributed by atoms with Crippen molar-refractivity contribution < 1.29 is 33.4 Å². The molecule has 0 saturated carbocycles. The first-order chi connectivity index (χ1) is 16.0. The van der Waals surface area contributed by atoms with Gasteiger partial charge in [0.15, 0.2) is 6.73 Å². The fourth-order valence-electron chi connectivity index (χ4n) is 3.63. The zero-order chi connectivity index (χ0) is 23.5. The van der Waals surface area contributed by atoms with Gasteiger partial charge in [0.2, 0.25) is 0 Å². The number of anilines is 1. The molecule has 3 aromatic carbocycles. The summed E-state index contributed by atoms with van der Waals surface area (Å²) in [6, 6.07) is 14.2. The van der Waals surface area contributed by atoms with Crippen LogP contribution in [0.3, 0.4) is 0 Å². The van der Waals surface area contributed by atoms with E-state index in [4.69, 9.17) is 9.47 Å². The number of carbonyl (C=O) groups excluding carboxylic acids is 4. The highest BCUT2D eigenvalue weighted by molar-refractivity contribution is 6.26. The molecule has 1 aliphatic heterocycles. The summed E-state index contributed by atoms with van der Waals surface area (Å²) in [5, 5.41) is 4.35. The Balaban J connectivity index is 1.55. The van der Waals surface area contributed by atoms with Gasteiger partial charge in [0, 0.05) is 34.7 Å². The molecular weight excluding hydrogens is 428 g/mol. The summed E-state index contributed by atoms with van der Waals surface area (Å²) in [5.41, 5.74) is 1.84. The van der Waals surface area contributed by atoms with Gasteiger partial charge < -0.3 is 19.5 Å². The van der Waals surface area contributed by atoms with Gasteiger partial charge in [-0.05, 0) is 42.5 Å². The van der Waals surface area contributed by atoms with Gasteiger partial charge in [0.1, 0.15) is 6.73 Å². The van der Waals surface area contributed by atoms with E-state index in [1.54, 1.807) is 31.4 Å². The van der Waals surface area contributed by atoms with Crippen LogP contribution in [-0.4, -0.2) is 56.3 Å². The third kappa shape index (κ3) is 4.01. The van der Waals surface area contributed by atoms with E-state index in [2.05, 4.69) is 10.1 Å². The number of hydrogen-bond donors (Lipinski definition) is 1. The van der Waals surface area contributed by atoms with E-state index in [1.165, 1.54) is 31.4 Å². The van der Waals surface area contributed by atoms with Crippen LogP contribution in [0.2, 0.25) is 0 Å². The molecule has 0 saturated heterocycles. The van der Waals surface area contributed by atoms with Crippen molar-refractivity contribution in [2.24, 2.45) is 0 Å². The summed E-state index contributed by atoms with van der Waals surface area (Å²) in [5.74, 6) is -2.39. The fraction of sp³-hybridized carbons (Fsp3) is 0.167.